The molecule has 6 heterocycles. The van der Waals surface area contributed by atoms with E-state index in [4.69, 9.17) is 35.7 Å². The van der Waals surface area contributed by atoms with Crippen molar-refractivity contribution in [3.8, 4) is 22.6 Å². The number of aryl methyl sites for hydroxylation is 2. The summed E-state index contributed by atoms with van der Waals surface area (Å²) in [6.45, 7) is 7.69. The van der Waals surface area contributed by atoms with Gasteiger partial charge < -0.3 is 24.1 Å². The summed E-state index contributed by atoms with van der Waals surface area (Å²) < 4.78 is 36.5. The number of benzene rings is 2. The number of nitrogens with zero attached hydrogens (tertiary/aromatic N) is 9. The van der Waals surface area contributed by atoms with Gasteiger partial charge >= 0.3 is 0 Å². The molecular weight excluding hydrogens is 855 g/mol. The Kier molecular flexibility index (Phi) is 11.2. The first-order valence-electron chi connectivity index (χ1n) is 21.7. The third-order valence-corrected chi connectivity index (χ3v) is 14.8. The number of hydrogen-bond acceptors (Lipinski definition) is 13. The van der Waals surface area contributed by atoms with E-state index >= 15 is 4.39 Å². The van der Waals surface area contributed by atoms with Crippen molar-refractivity contribution in [3.05, 3.63) is 122 Å². The molecule has 0 radical (unpaired) electrons. The van der Waals surface area contributed by atoms with Crippen LogP contribution in [-0.4, -0.2) is 72.9 Å². The lowest BCUT2D eigenvalue weighted by Crippen LogP contribution is -2.51. The molecule has 2 aromatic carbocycles. The quantitative estimate of drug-likeness (QED) is 0.139. The summed E-state index contributed by atoms with van der Waals surface area (Å²) in [5.74, 6) is 3.18. The molecule has 6 aromatic rings. The third kappa shape index (κ3) is 8.11. The van der Waals surface area contributed by atoms with E-state index in [0.717, 1.165) is 97.1 Å². The zero-order valence-corrected chi connectivity index (χ0v) is 37.3. The summed E-state index contributed by atoms with van der Waals surface area (Å²) in [6, 6.07) is 15.4. The molecule has 1 spiro atoms. The van der Waals surface area contributed by atoms with Crippen LogP contribution in [0.4, 0.5) is 10.2 Å². The molecule has 2 aliphatic carbocycles. The minimum atomic E-state index is -0.493. The van der Waals surface area contributed by atoms with Crippen LogP contribution < -0.4 is 19.7 Å². The maximum absolute atomic E-state index is 16.4. The van der Waals surface area contributed by atoms with Crippen molar-refractivity contribution in [3.63, 3.8) is 0 Å². The maximum Gasteiger partial charge on any atom is 0.272 e. The van der Waals surface area contributed by atoms with Crippen LogP contribution in [0.1, 0.15) is 113 Å². The molecule has 0 bridgehead atoms. The molecule has 64 heavy (non-hydrogen) atoms. The highest BCUT2D eigenvalue weighted by atomic mass is 35.5. The van der Waals surface area contributed by atoms with Gasteiger partial charge in [-0.2, -0.15) is 5.26 Å². The van der Waals surface area contributed by atoms with Crippen molar-refractivity contribution in [2.75, 3.05) is 18.0 Å². The largest absolute Gasteiger partial charge is 0.490 e. The van der Waals surface area contributed by atoms with E-state index in [2.05, 4.69) is 55.5 Å². The fraction of sp³-hybridized carbons (Fsp3) is 0.404. The predicted octanol–water partition coefficient (Wildman–Crippen LogP) is 8.78. The van der Waals surface area contributed by atoms with E-state index in [-0.39, 0.29) is 29.6 Å². The number of nitriles is 1. The maximum atomic E-state index is 16.4. The number of nitrogens with one attached hydrogen (secondary N) is 1. The SMILES string of the molecule is Cc1sc2c(c1C)C(c1ccc(OC3CC4(CCN(c5ccc(C(=O)NC6CCC(Oc7ccc(C#N)c(Cl)c7)CC6)nn5)CC4)C3)cc1F)=N[C@@H](Cc1ncco1)c1nnc(C)n1-2. The van der Waals surface area contributed by atoms with Crippen molar-refractivity contribution in [2.24, 2.45) is 10.4 Å². The summed E-state index contributed by atoms with van der Waals surface area (Å²) in [6.07, 6.45) is 10.4. The first-order valence-corrected chi connectivity index (χ1v) is 22.9. The predicted molar refractivity (Wildman–Crippen MR) is 238 cm³/mol. The number of oxazole rings is 1. The lowest BCUT2D eigenvalue weighted by atomic mass is 9.61. The Morgan fingerprint density at radius 3 is 2.45 bits per heavy atom. The third-order valence-electron chi connectivity index (χ3n) is 13.3. The van der Waals surface area contributed by atoms with Crippen LogP contribution in [0.15, 0.2) is 70.4 Å². The fourth-order valence-corrected chi connectivity index (χ4v) is 11.1. The summed E-state index contributed by atoms with van der Waals surface area (Å²) in [7, 11) is 0. The fourth-order valence-electron chi connectivity index (χ4n) is 9.64. The summed E-state index contributed by atoms with van der Waals surface area (Å²) in [5.41, 5.74) is 3.75. The first kappa shape index (κ1) is 41.8. The highest BCUT2D eigenvalue weighted by Crippen LogP contribution is 2.51. The van der Waals surface area contributed by atoms with Gasteiger partial charge in [-0.1, -0.05) is 11.6 Å². The minimum absolute atomic E-state index is 0.000162. The second-order valence-corrected chi connectivity index (χ2v) is 19.0. The van der Waals surface area contributed by atoms with Gasteiger partial charge in [0.05, 0.1) is 41.1 Å². The van der Waals surface area contributed by atoms with Gasteiger partial charge in [-0.15, -0.1) is 31.7 Å². The van der Waals surface area contributed by atoms with Gasteiger partial charge in [0.1, 0.15) is 46.5 Å². The smallest absolute Gasteiger partial charge is 0.272 e. The van der Waals surface area contributed by atoms with Crippen LogP contribution in [0.5, 0.6) is 11.5 Å². The molecule has 10 rings (SSSR count). The molecule has 1 saturated heterocycles. The van der Waals surface area contributed by atoms with Crippen molar-refractivity contribution in [2.45, 2.75) is 103 Å². The highest BCUT2D eigenvalue weighted by molar-refractivity contribution is 7.15. The van der Waals surface area contributed by atoms with Crippen LogP contribution >= 0.6 is 22.9 Å². The molecule has 3 fully saturated rings. The average molecular weight is 901 g/mol. The lowest BCUT2D eigenvalue weighted by Gasteiger charge is -2.51. The Morgan fingerprint density at radius 1 is 0.984 bits per heavy atom. The summed E-state index contributed by atoms with van der Waals surface area (Å²) >= 11 is 7.79. The van der Waals surface area contributed by atoms with Gasteiger partial charge in [0.15, 0.2) is 23.2 Å². The normalized spacial score (nSPS) is 20.3. The monoisotopic (exact) mass is 900 g/mol. The highest BCUT2D eigenvalue weighted by Gasteiger charge is 2.47. The number of hydrogen-bond donors (Lipinski definition) is 1. The molecule has 2 saturated carbocycles. The second-order valence-electron chi connectivity index (χ2n) is 17.4. The van der Waals surface area contributed by atoms with Crippen LogP contribution in [0.25, 0.3) is 5.00 Å². The Morgan fingerprint density at radius 2 is 1.75 bits per heavy atom. The molecule has 1 amide bonds. The number of amides is 1. The molecule has 4 aromatic heterocycles. The van der Waals surface area contributed by atoms with Gasteiger partial charge in [0, 0.05) is 47.3 Å². The number of anilines is 1. The lowest BCUT2D eigenvalue weighted by molar-refractivity contribution is -0.0312. The van der Waals surface area contributed by atoms with Gasteiger partial charge in [-0.25, -0.2) is 9.37 Å². The number of carbonyl (C=O) groups is 1. The molecular formula is C47H46ClFN10O4S. The number of rotatable bonds is 10. The Hall–Kier alpha value is -6.18. The molecule has 17 heteroatoms. The molecule has 4 aliphatic rings. The zero-order chi connectivity index (χ0) is 44.1. The average Bonchev–Trinajstić information content (AvgIpc) is 3.99. The number of carbonyl (C=O) groups excluding carboxylic acids is 1. The van der Waals surface area contributed by atoms with Crippen molar-refractivity contribution >= 4 is 40.4 Å². The summed E-state index contributed by atoms with van der Waals surface area (Å²) in [5, 5.41) is 31.2. The molecule has 14 nitrogen and oxygen atoms in total. The number of fused-ring (bicyclic) bond motifs is 3. The topological polar surface area (TPSA) is 169 Å². The van der Waals surface area contributed by atoms with Crippen LogP contribution in [-0.2, 0) is 6.42 Å². The van der Waals surface area contributed by atoms with Gasteiger partial charge in [-0.05, 0) is 120 Å². The molecule has 1 atom stereocenters. The van der Waals surface area contributed by atoms with Crippen molar-refractivity contribution < 1.29 is 23.1 Å². The summed E-state index contributed by atoms with van der Waals surface area (Å²) in [4.78, 5) is 26.0. The molecule has 328 valence electrons. The Labute approximate surface area is 378 Å². The van der Waals surface area contributed by atoms with Crippen molar-refractivity contribution in [1.82, 2.24) is 35.3 Å². The van der Waals surface area contributed by atoms with Crippen LogP contribution in [0.3, 0.4) is 0 Å². The first-order chi connectivity index (χ1) is 31.0. The number of aromatic nitrogens is 6. The molecule has 0 unspecified atom stereocenters. The van der Waals surface area contributed by atoms with Gasteiger partial charge in [0.2, 0.25) is 0 Å². The Balaban J connectivity index is 0.724. The van der Waals surface area contributed by atoms with Gasteiger partial charge in [0.25, 0.3) is 5.91 Å². The molecule has 1 N–H and O–H groups in total. The van der Waals surface area contributed by atoms with E-state index in [1.807, 2.05) is 23.6 Å². The Bertz CT molecular complexity index is 2780. The number of halogens is 2. The number of ether oxygens (including phenoxy) is 2. The zero-order valence-electron chi connectivity index (χ0n) is 35.7. The van der Waals surface area contributed by atoms with Crippen molar-refractivity contribution in [1.29, 1.82) is 5.26 Å². The van der Waals surface area contributed by atoms with Crippen LogP contribution in [0, 0.1) is 43.3 Å². The number of thiophene rings is 1. The van der Waals surface area contributed by atoms with Gasteiger partial charge in [-0.3, -0.25) is 14.4 Å². The van der Waals surface area contributed by atoms with Crippen LogP contribution in [0.2, 0.25) is 5.02 Å². The molecule has 2 aliphatic heterocycles. The second kappa shape index (κ2) is 17.1. The van der Waals surface area contributed by atoms with E-state index in [0.29, 0.717) is 57.2 Å². The minimum Gasteiger partial charge on any atom is -0.490 e. The number of aliphatic imine (C=N–C) groups is 1. The van der Waals surface area contributed by atoms with E-state index < -0.39 is 11.9 Å². The van der Waals surface area contributed by atoms with E-state index in [1.54, 1.807) is 47.9 Å². The standard InChI is InChI=1S/C47H46ClFN10O4S/c1-26-27(2)64-46-42(26)43(53-39(22-41-51-16-19-61-41)44-57-54-28(3)59(44)46)35-11-10-33(21-37(35)49)63-34-23-47(24-34)14-17-58(18-15-47)40-13-12-38(55-56-40)45(60)52-30-5-8-31(9-6-30)62-32-7-4-29(25-50)36(48)20-32/h4,7,10-13,16,19-21,30-31,34,39H,5-6,8-9,14-15,17-18,22-24H2,1-3H3,(H,52,60)/t30?,31?,39-/m0/s1. The van der Waals surface area contributed by atoms with E-state index in [9.17, 15) is 4.79 Å². The number of piperidine rings is 1. The van der Waals surface area contributed by atoms with E-state index in [1.165, 1.54) is 12.3 Å².